The van der Waals surface area contributed by atoms with Crippen molar-refractivity contribution < 1.29 is 19.7 Å². The lowest BCUT2D eigenvalue weighted by molar-refractivity contribution is -0.129. The molecule has 1 saturated carbocycles. The summed E-state index contributed by atoms with van der Waals surface area (Å²) in [6, 6.07) is 14.9. The van der Waals surface area contributed by atoms with E-state index < -0.39 is 24.2 Å². The Hall–Kier alpha value is -2.75. The molecular weight excluding hydrogens is 440 g/mol. The lowest BCUT2D eigenvalue weighted by atomic mass is 9.81. The van der Waals surface area contributed by atoms with E-state index in [1.807, 2.05) is 67.5 Å². The molecule has 8 nitrogen and oxygen atoms in total. The standard InChI is InChI=1S/C24H30N4O4S/c1-28(2)16-10-8-15(9-11-16)26-24-27-20-21(30)18(29)12-17(22(20)33-24)23(31)25-13-14-6-4-5-7-19(14)32-3/h4-11,17-18,20-22,29-30H,12-13H2,1-3H3,(H,25,31)(H,26,27)/t17-,18+,20+,21-,22+/m0/s1. The molecule has 33 heavy (non-hydrogen) atoms. The quantitative estimate of drug-likeness (QED) is 0.512. The molecule has 9 heteroatoms. The van der Waals surface area contributed by atoms with Gasteiger partial charge in [-0.2, -0.15) is 0 Å². The predicted molar refractivity (Wildman–Crippen MR) is 132 cm³/mol. The van der Waals surface area contributed by atoms with E-state index in [-0.39, 0.29) is 17.6 Å². The van der Waals surface area contributed by atoms with E-state index >= 15 is 0 Å². The van der Waals surface area contributed by atoms with Crippen LogP contribution in [0.1, 0.15) is 12.0 Å². The molecule has 5 atom stereocenters. The normalized spacial score (nSPS) is 26.2. The van der Waals surface area contributed by atoms with Crippen molar-refractivity contribution in [2.75, 3.05) is 31.4 Å². The van der Waals surface area contributed by atoms with E-state index in [1.165, 1.54) is 11.8 Å². The van der Waals surface area contributed by atoms with Gasteiger partial charge in [-0.05, 0) is 36.8 Å². The largest absolute Gasteiger partial charge is 0.496 e. The van der Waals surface area contributed by atoms with Crippen LogP contribution in [0.4, 0.5) is 11.4 Å². The van der Waals surface area contributed by atoms with Crippen LogP contribution in [0.2, 0.25) is 0 Å². The lowest BCUT2D eigenvalue weighted by Crippen LogP contribution is -2.53. The van der Waals surface area contributed by atoms with Crippen LogP contribution in [0.25, 0.3) is 0 Å². The fourth-order valence-corrected chi connectivity index (χ4v) is 5.61. The number of rotatable bonds is 6. The van der Waals surface area contributed by atoms with Crippen LogP contribution < -0.4 is 20.3 Å². The number of hydrogen-bond donors (Lipinski definition) is 4. The highest BCUT2D eigenvalue weighted by Crippen LogP contribution is 2.41. The molecule has 2 aliphatic rings. The monoisotopic (exact) mass is 470 g/mol. The van der Waals surface area contributed by atoms with Crippen molar-refractivity contribution in [1.29, 1.82) is 0 Å². The average molecular weight is 471 g/mol. The Morgan fingerprint density at radius 2 is 1.91 bits per heavy atom. The third kappa shape index (κ3) is 5.10. The van der Waals surface area contributed by atoms with Crippen LogP contribution in [-0.2, 0) is 11.3 Å². The molecule has 2 aromatic carbocycles. The van der Waals surface area contributed by atoms with Crippen molar-refractivity contribution in [1.82, 2.24) is 5.32 Å². The number of thioether (sulfide) groups is 1. The zero-order valence-corrected chi connectivity index (χ0v) is 19.7. The highest BCUT2D eigenvalue weighted by atomic mass is 32.2. The molecule has 0 unspecified atom stereocenters. The molecule has 1 aliphatic carbocycles. The second-order valence-electron chi connectivity index (χ2n) is 8.50. The highest BCUT2D eigenvalue weighted by molar-refractivity contribution is 8.15. The van der Waals surface area contributed by atoms with Gasteiger partial charge < -0.3 is 30.5 Å². The number of fused-ring (bicyclic) bond motifs is 1. The van der Waals surface area contributed by atoms with E-state index in [4.69, 9.17) is 4.74 Å². The number of amides is 1. The molecule has 2 aromatic rings. The minimum Gasteiger partial charge on any atom is -0.496 e. The van der Waals surface area contributed by atoms with Gasteiger partial charge in [0.1, 0.15) is 11.9 Å². The summed E-state index contributed by atoms with van der Waals surface area (Å²) in [6.07, 6.45) is -1.82. The Balaban J connectivity index is 1.44. The average Bonchev–Trinajstić information content (AvgIpc) is 3.24. The lowest BCUT2D eigenvalue weighted by Gasteiger charge is -2.37. The number of benzene rings is 2. The molecule has 1 fully saturated rings. The third-order valence-corrected chi connectivity index (χ3v) is 7.41. The number of carbonyl (C=O) groups excluding carboxylic acids is 1. The molecule has 0 saturated heterocycles. The van der Waals surface area contributed by atoms with E-state index in [0.717, 1.165) is 16.9 Å². The number of carbonyl (C=O) groups is 1. The first-order chi connectivity index (χ1) is 15.9. The van der Waals surface area contributed by atoms with Gasteiger partial charge in [0.05, 0.1) is 25.2 Å². The van der Waals surface area contributed by atoms with Gasteiger partial charge in [0.25, 0.3) is 0 Å². The molecule has 1 heterocycles. The number of methoxy groups -OCH3 is 1. The molecule has 0 radical (unpaired) electrons. The summed E-state index contributed by atoms with van der Waals surface area (Å²) in [7, 11) is 5.56. The fraction of sp³-hybridized carbons (Fsp3) is 0.417. The van der Waals surface area contributed by atoms with Crippen LogP contribution in [0, 0.1) is 5.92 Å². The zero-order chi connectivity index (χ0) is 23.5. The maximum absolute atomic E-state index is 13.1. The van der Waals surface area contributed by atoms with Gasteiger partial charge in [-0.1, -0.05) is 30.0 Å². The van der Waals surface area contributed by atoms with E-state index in [1.54, 1.807) is 7.11 Å². The number of amidine groups is 1. The molecule has 4 rings (SSSR count). The summed E-state index contributed by atoms with van der Waals surface area (Å²) in [5.41, 5.74) is 2.83. The molecule has 0 bridgehead atoms. The number of nitrogens with one attached hydrogen (secondary N) is 2. The molecule has 176 valence electrons. The molecule has 0 spiro atoms. The highest BCUT2D eigenvalue weighted by Gasteiger charge is 2.50. The van der Waals surface area contributed by atoms with Crippen molar-refractivity contribution in [3.8, 4) is 5.75 Å². The second kappa shape index (κ2) is 10.0. The topological polar surface area (TPSA) is 106 Å². The van der Waals surface area contributed by atoms with Crippen molar-refractivity contribution in [3.05, 3.63) is 54.1 Å². The number of aliphatic imine (C=N–C) groups is 1. The first-order valence-electron chi connectivity index (χ1n) is 10.9. The summed E-state index contributed by atoms with van der Waals surface area (Å²) >= 11 is 1.44. The first-order valence-corrected chi connectivity index (χ1v) is 11.8. The summed E-state index contributed by atoms with van der Waals surface area (Å²) in [4.78, 5) is 19.7. The maximum Gasteiger partial charge on any atom is 0.224 e. The zero-order valence-electron chi connectivity index (χ0n) is 18.9. The summed E-state index contributed by atoms with van der Waals surface area (Å²) in [6.45, 7) is 0.324. The van der Waals surface area contributed by atoms with Gasteiger partial charge in [0.15, 0.2) is 5.17 Å². The van der Waals surface area contributed by atoms with Crippen molar-refractivity contribution in [3.63, 3.8) is 0 Å². The van der Waals surface area contributed by atoms with Crippen LogP contribution in [0.5, 0.6) is 5.75 Å². The smallest absolute Gasteiger partial charge is 0.224 e. The van der Waals surface area contributed by atoms with E-state index in [2.05, 4.69) is 15.6 Å². The number of nitrogens with zero attached hydrogens (tertiary/aromatic N) is 2. The summed E-state index contributed by atoms with van der Waals surface area (Å²) in [5, 5.41) is 27.6. The van der Waals surface area contributed by atoms with Crippen LogP contribution >= 0.6 is 11.8 Å². The fourth-order valence-electron chi connectivity index (χ4n) is 4.24. The molecule has 4 N–H and O–H groups in total. The molecule has 1 amide bonds. The van der Waals surface area contributed by atoms with Gasteiger partial charge in [-0.15, -0.1) is 0 Å². The maximum atomic E-state index is 13.1. The van der Waals surface area contributed by atoms with Crippen LogP contribution in [-0.4, -0.2) is 66.0 Å². The second-order valence-corrected chi connectivity index (χ2v) is 9.67. The van der Waals surface area contributed by atoms with Gasteiger partial charge in [0, 0.05) is 42.8 Å². The third-order valence-electron chi connectivity index (χ3n) is 6.10. The van der Waals surface area contributed by atoms with Gasteiger partial charge in [-0.3, -0.25) is 9.79 Å². The Kier molecular flexibility index (Phi) is 7.11. The summed E-state index contributed by atoms with van der Waals surface area (Å²) in [5.74, 6) is 0.0635. The van der Waals surface area contributed by atoms with Gasteiger partial charge in [0.2, 0.25) is 5.91 Å². The summed E-state index contributed by atoms with van der Waals surface area (Å²) < 4.78 is 5.36. The number of anilines is 2. The van der Waals surface area contributed by atoms with Crippen molar-refractivity contribution in [2.45, 2.75) is 36.5 Å². The number of ether oxygens (including phenoxy) is 1. The van der Waals surface area contributed by atoms with E-state index in [0.29, 0.717) is 17.5 Å². The number of aliphatic hydroxyl groups excluding tert-OH is 2. The first kappa shape index (κ1) is 23.4. The van der Waals surface area contributed by atoms with Crippen LogP contribution in [0.3, 0.4) is 0 Å². The molecule has 1 aliphatic heterocycles. The van der Waals surface area contributed by atoms with E-state index in [9.17, 15) is 15.0 Å². The Morgan fingerprint density at radius 1 is 1.18 bits per heavy atom. The number of para-hydroxylation sites is 1. The molecule has 0 aromatic heterocycles. The van der Waals surface area contributed by atoms with Gasteiger partial charge in [-0.25, -0.2) is 0 Å². The van der Waals surface area contributed by atoms with Crippen molar-refractivity contribution in [2.24, 2.45) is 10.9 Å². The number of hydrogen-bond acceptors (Lipinski definition) is 8. The van der Waals surface area contributed by atoms with Crippen LogP contribution in [0.15, 0.2) is 53.5 Å². The Bertz CT molecular complexity index is 1010. The number of aliphatic hydroxyl groups is 2. The minimum atomic E-state index is -1.00. The van der Waals surface area contributed by atoms with Crippen molar-refractivity contribution >= 4 is 34.2 Å². The Labute approximate surface area is 198 Å². The van der Waals surface area contributed by atoms with Gasteiger partial charge >= 0.3 is 0 Å². The predicted octanol–water partition coefficient (Wildman–Crippen LogP) is 2.07. The molecular formula is C24H30N4O4S. The Morgan fingerprint density at radius 3 is 2.61 bits per heavy atom. The minimum absolute atomic E-state index is 0.166. The SMILES string of the molecule is COc1ccccc1CNC(=O)[C@H]1C[C@@H](O)[C@H](O)[C@H]2N=C(Nc3ccc(N(C)C)cc3)S[C@@H]21.